The van der Waals surface area contributed by atoms with E-state index in [9.17, 15) is 51.3 Å². The van der Waals surface area contributed by atoms with E-state index < -0.39 is 83.8 Å². The summed E-state index contributed by atoms with van der Waals surface area (Å²) >= 11 is 1.48. The largest absolute Gasteiger partial charge is 0.504 e. The number of esters is 2. The molecular weight excluding hydrogens is 623 g/mol. The SMILES string of the molecule is CCOC(=O)[C@@H]1C(c2cc(I)c(O)c(OC)c2)[C@H](C(=O)OCC)[C@@](O)(C(F)(F)F)N[C@]1(O)C(F)(F)F. The van der Waals surface area contributed by atoms with Crippen molar-refractivity contribution < 1.29 is 65.5 Å². The highest BCUT2D eigenvalue weighted by Crippen LogP contribution is 2.56. The standard InChI is InChI=1S/C20H22F6INO8/c1-4-35-15(30)12-11(8-6-9(27)14(29)10(7-8)34-3)13(16(31)36-5-2)18(33,20(24,25)26)28-17(12,32)19(21,22)23/h6-7,11-13,28-29,32-33H,4-5H2,1-3H3/t11?,12-,13+,17-,18-/m1/s1. The molecule has 4 N–H and O–H groups in total. The number of hydrogen-bond acceptors (Lipinski definition) is 9. The van der Waals surface area contributed by atoms with E-state index in [-0.39, 0.29) is 3.57 Å². The molecule has 1 fully saturated rings. The van der Waals surface area contributed by atoms with Crippen LogP contribution in [0.2, 0.25) is 0 Å². The van der Waals surface area contributed by atoms with Gasteiger partial charge in [0.05, 0.1) is 23.9 Å². The summed E-state index contributed by atoms with van der Waals surface area (Å²) < 4.78 is 99.1. The molecule has 1 heterocycles. The van der Waals surface area contributed by atoms with Crippen LogP contribution in [0.1, 0.15) is 25.3 Å². The van der Waals surface area contributed by atoms with Crippen molar-refractivity contribution in [3.8, 4) is 11.5 Å². The summed E-state index contributed by atoms with van der Waals surface area (Å²) in [5.74, 6) is -13.1. The van der Waals surface area contributed by atoms with Crippen LogP contribution in [0.4, 0.5) is 26.3 Å². The average molecular weight is 645 g/mol. The molecule has 0 bridgehead atoms. The van der Waals surface area contributed by atoms with Crippen molar-refractivity contribution >= 4 is 34.5 Å². The molecule has 0 amide bonds. The zero-order chi connectivity index (χ0) is 27.9. The van der Waals surface area contributed by atoms with Crippen LogP contribution < -0.4 is 10.1 Å². The second-order valence-corrected chi connectivity index (χ2v) is 8.85. The Kier molecular flexibility index (Phi) is 8.69. The fourth-order valence-electron chi connectivity index (χ4n) is 4.08. The number of piperidine rings is 1. The molecule has 0 aromatic heterocycles. The lowest BCUT2D eigenvalue weighted by molar-refractivity contribution is -0.376. The van der Waals surface area contributed by atoms with Gasteiger partial charge in [0.2, 0.25) is 11.4 Å². The average Bonchev–Trinajstić information content (AvgIpc) is 2.73. The van der Waals surface area contributed by atoms with Gasteiger partial charge in [0.1, 0.15) is 11.8 Å². The molecule has 1 aromatic carbocycles. The number of nitrogens with one attached hydrogen (secondary N) is 1. The minimum absolute atomic E-state index is 0.156. The number of benzene rings is 1. The van der Waals surface area contributed by atoms with Gasteiger partial charge in [-0.15, -0.1) is 0 Å². The zero-order valence-corrected chi connectivity index (χ0v) is 21.0. The fraction of sp³-hybridized carbons (Fsp3) is 0.600. The van der Waals surface area contributed by atoms with E-state index in [2.05, 4.69) is 9.47 Å². The van der Waals surface area contributed by atoms with Crippen LogP contribution in [0.3, 0.4) is 0 Å². The van der Waals surface area contributed by atoms with Crippen molar-refractivity contribution in [1.82, 2.24) is 5.32 Å². The number of rotatable bonds is 6. The molecule has 5 atom stereocenters. The van der Waals surface area contributed by atoms with Crippen LogP contribution in [0.15, 0.2) is 12.1 Å². The molecule has 16 heteroatoms. The number of methoxy groups -OCH3 is 1. The number of hydrogen-bond donors (Lipinski definition) is 4. The number of carbonyl (C=O) groups is 2. The topological polar surface area (TPSA) is 135 Å². The third kappa shape index (κ3) is 5.04. The Balaban J connectivity index is 3.07. The number of ether oxygens (including phenoxy) is 3. The van der Waals surface area contributed by atoms with Gasteiger partial charge in [0, 0.05) is 5.92 Å². The number of alkyl halides is 6. The number of phenols is 1. The van der Waals surface area contributed by atoms with Gasteiger partial charge in [-0.3, -0.25) is 9.59 Å². The molecule has 0 saturated carbocycles. The third-order valence-electron chi connectivity index (χ3n) is 5.60. The highest BCUT2D eigenvalue weighted by Gasteiger charge is 2.78. The molecular formula is C20H22F6INO8. The lowest BCUT2D eigenvalue weighted by atomic mass is 9.64. The normalized spacial score (nSPS) is 28.9. The molecule has 0 aliphatic carbocycles. The van der Waals surface area contributed by atoms with E-state index >= 15 is 0 Å². The summed E-state index contributed by atoms with van der Waals surface area (Å²) in [4.78, 5) is 25.6. The maximum absolute atomic E-state index is 14.2. The maximum Gasteiger partial charge on any atom is 0.432 e. The minimum Gasteiger partial charge on any atom is -0.504 e. The summed E-state index contributed by atoms with van der Waals surface area (Å²) in [6.45, 7) is 1.30. The van der Waals surface area contributed by atoms with Crippen molar-refractivity contribution in [2.75, 3.05) is 20.3 Å². The van der Waals surface area contributed by atoms with Crippen LogP contribution in [0.25, 0.3) is 0 Å². The first kappa shape index (κ1) is 30.2. The number of phenolic OH excluding ortho intramolecular Hbond substituents is 1. The quantitative estimate of drug-likeness (QED) is 0.209. The van der Waals surface area contributed by atoms with Crippen LogP contribution in [-0.4, -0.2) is 71.4 Å². The van der Waals surface area contributed by atoms with Crippen molar-refractivity contribution in [2.45, 2.75) is 43.6 Å². The number of aromatic hydroxyl groups is 1. The van der Waals surface area contributed by atoms with Gasteiger partial charge in [-0.05, 0) is 54.1 Å². The molecule has 9 nitrogen and oxygen atoms in total. The predicted molar refractivity (Wildman–Crippen MR) is 116 cm³/mol. The van der Waals surface area contributed by atoms with Crippen molar-refractivity contribution in [3.05, 3.63) is 21.3 Å². The van der Waals surface area contributed by atoms with Crippen molar-refractivity contribution in [1.29, 1.82) is 0 Å². The van der Waals surface area contributed by atoms with Crippen LogP contribution in [0.5, 0.6) is 11.5 Å². The molecule has 1 aromatic rings. The molecule has 2 rings (SSSR count). The molecule has 0 radical (unpaired) electrons. The van der Waals surface area contributed by atoms with Gasteiger partial charge >= 0.3 is 24.3 Å². The summed E-state index contributed by atoms with van der Waals surface area (Å²) in [5, 5.41) is 32.1. The number of aliphatic hydroxyl groups is 2. The Morgan fingerprint density at radius 1 is 0.972 bits per heavy atom. The van der Waals surface area contributed by atoms with E-state index in [1.54, 1.807) is 0 Å². The van der Waals surface area contributed by atoms with Crippen LogP contribution in [0, 0.1) is 15.4 Å². The van der Waals surface area contributed by atoms with E-state index in [0.717, 1.165) is 19.2 Å². The Labute approximate surface area is 213 Å². The fourth-order valence-corrected chi connectivity index (χ4v) is 4.70. The minimum atomic E-state index is -6.00. The first-order valence-electron chi connectivity index (χ1n) is 10.2. The van der Waals surface area contributed by atoms with E-state index in [1.165, 1.54) is 36.4 Å². The smallest absolute Gasteiger partial charge is 0.432 e. The van der Waals surface area contributed by atoms with Gasteiger partial charge < -0.3 is 29.5 Å². The van der Waals surface area contributed by atoms with Gasteiger partial charge in [-0.2, -0.15) is 26.3 Å². The molecule has 1 unspecified atom stereocenters. The van der Waals surface area contributed by atoms with Crippen LogP contribution >= 0.6 is 22.6 Å². The number of carbonyl (C=O) groups excluding carboxylic acids is 2. The van der Waals surface area contributed by atoms with Gasteiger partial charge in [0.25, 0.3) is 0 Å². The molecule has 0 spiro atoms. The molecule has 1 aliphatic heterocycles. The first-order chi connectivity index (χ1) is 16.4. The first-order valence-corrected chi connectivity index (χ1v) is 11.3. The lowest BCUT2D eigenvalue weighted by Crippen LogP contribution is -2.81. The second kappa shape index (κ2) is 10.4. The highest BCUT2D eigenvalue weighted by atomic mass is 127. The second-order valence-electron chi connectivity index (χ2n) is 7.69. The Morgan fingerprint density at radius 2 is 1.39 bits per heavy atom. The highest BCUT2D eigenvalue weighted by molar-refractivity contribution is 14.1. The summed E-state index contributed by atoms with van der Waals surface area (Å²) in [6.07, 6.45) is -12.0. The summed E-state index contributed by atoms with van der Waals surface area (Å²) in [5.41, 5.74) is -10.1. The number of halogens is 7. The third-order valence-corrected chi connectivity index (χ3v) is 6.42. The molecule has 1 saturated heterocycles. The summed E-state index contributed by atoms with van der Waals surface area (Å²) in [7, 11) is 1.03. The van der Waals surface area contributed by atoms with E-state index in [4.69, 9.17) is 4.74 Å². The molecule has 1 aliphatic rings. The monoisotopic (exact) mass is 645 g/mol. The Bertz CT molecular complexity index is 958. The molecule has 36 heavy (non-hydrogen) atoms. The van der Waals surface area contributed by atoms with Gasteiger partial charge in [-0.1, -0.05) is 0 Å². The lowest BCUT2D eigenvalue weighted by Gasteiger charge is -2.54. The summed E-state index contributed by atoms with van der Waals surface area (Å²) in [6, 6.07) is 1.65. The van der Waals surface area contributed by atoms with Crippen LogP contribution in [-0.2, 0) is 19.1 Å². The van der Waals surface area contributed by atoms with E-state index in [0.29, 0.717) is 5.32 Å². The van der Waals surface area contributed by atoms with Gasteiger partial charge in [0.15, 0.2) is 11.5 Å². The molecule has 204 valence electrons. The van der Waals surface area contributed by atoms with Crippen molar-refractivity contribution in [3.63, 3.8) is 0 Å². The Morgan fingerprint density at radius 3 is 1.72 bits per heavy atom. The Hall–Kier alpha value is -2.05. The van der Waals surface area contributed by atoms with E-state index in [1.807, 2.05) is 0 Å². The van der Waals surface area contributed by atoms with Gasteiger partial charge in [-0.25, -0.2) is 5.32 Å². The maximum atomic E-state index is 14.2. The van der Waals surface area contributed by atoms with Crippen molar-refractivity contribution in [2.24, 2.45) is 11.8 Å². The predicted octanol–water partition coefficient (Wildman–Crippen LogP) is 2.55. The zero-order valence-electron chi connectivity index (χ0n) is 18.8.